The lowest BCUT2D eigenvalue weighted by Gasteiger charge is -2.10. The van der Waals surface area contributed by atoms with Gasteiger partial charge in [-0.3, -0.25) is 0 Å². The topological polar surface area (TPSA) is 24.1 Å². The fourth-order valence-electron chi connectivity index (χ4n) is 2.33. The highest BCUT2D eigenvalue weighted by Crippen LogP contribution is 2.07. The van der Waals surface area contributed by atoms with Crippen molar-refractivity contribution in [3.8, 4) is 0 Å². The van der Waals surface area contributed by atoms with Gasteiger partial charge in [-0.15, -0.1) is 0 Å². The molecule has 0 bridgehead atoms. The Balaban J connectivity index is 1.56. The second kappa shape index (κ2) is 6.72. The van der Waals surface area contributed by atoms with Gasteiger partial charge in [0.25, 0.3) is 0 Å². The summed E-state index contributed by atoms with van der Waals surface area (Å²) in [5.41, 5.74) is 1.07. The van der Waals surface area contributed by atoms with E-state index in [9.17, 15) is 4.39 Å². The van der Waals surface area contributed by atoms with Crippen molar-refractivity contribution in [3.63, 3.8) is 0 Å². The number of hydrogen-bond donors (Lipinski definition) is 2. The van der Waals surface area contributed by atoms with Crippen molar-refractivity contribution >= 4 is 0 Å². The average Bonchev–Trinajstić information content (AvgIpc) is 2.82. The number of benzene rings is 1. The molecule has 1 aliphatic heterocycles. The van der Waals surface area contributed by atoms with E-state index in [2.05, 4.69) is 10.6 Å². The summed E-state index contributed by atoms with van der Waals surface area (Å²) >= 11 is 0. The van der Waals surface area contributed by atoms with E-state index >= 15 is 0 Å². The highest BCUT2D eigenvalue weighted by atomic mass is 19.1. The van der Waals surface area contributed by atoms with Crippen LogP contribution in [0.15, 0.2) is 24.3 Å². The van der Waals surface area contributed by atoms with Crippen LogP contribution in [0.1, 0.15) is 24.8 Å². The second-order valence-corrected chi connectivity index (χ2v) is 4.71. The molecule has 0 saturated carbocycles. The Bertz CT molecular complexity index is 335. The number of rotatable bonds is 6. The van der Waals surface area contributed by atoms with Crippen molar-refractivity contribution < 1.29 is 4.39 Å². The highest BCUT2D eigenvalue weighted by molar-refractivity contribution is 5.16. The third-order valence-corrected chi connectivity index (χ3v) is 3.31. The molecule has 2 N–H and O–H groups in total. The SMILES string of the molecule is Fc1cccc(CCNCCC2CCCN2)c1. The first-order chi connectivity index (χ1) is 8.34. The molecular formula is C14H21FN2. The number of hydrogen-bond acceptors (Lipinski definition) is 2. The first-order valence-corrected chi connectivity index (χ1v) is 6.53. The van der Waals surface area contributed by atoms with Gasteiger partial charge in [0.05, 0.1) is 0 Å². The molecule has 1 aromatic rings. The molecule has 1 atom stereocenters. The summed E-state index contributed by atoms with van der Waals surface area (Å²) in [7, 11) is 0. The van der Waals surface area contributed by atoms with Gasteiger partial charge in [0.1, 0.15) is 5.82 Å². The van der Waals surface area contributed by atoms with E-state index in [-0.39, 0.29) is 5.82 Å². The van der Waals surface area contributed by atoms with Crippen molar-refractivity contribution in [2.45, 2.75) is 31.7 Å². The summed E-state index contributed by atoms with van der Waals surface area (Å²) in [5, 5.41) is 6.90. The van der Waals surface area contributed by atoms with E-state index in [1.807, 2.05) is 6.07 Å². The van der Waals surface area contributed by atoms with E-state index < -0.39 is 0 Å². The van der Waals surface area contributed by atoms with Crippen LogP contribution in [-0.2, 0) is 6.42 Å². The third kappa shape index (κ3) is 4.44. The molecule has 1 saturated heterocycles. The standard InChI is InChI=1S/C14H21FN2/c15-13-4-1-3-12(11-13)6-9-16-10-7-14-5-2-8-17-14/h1,3-4,11,14,16-17H,2,5-10H2. The van der Waals surface area contributed by atoms with Crippen molar-refractivity contribution in [1.82, 2.24) is 10.6 Å². The Morgan fingerprint density at radius 1 is 1.35 bits per heavy atom. The summed E-state index contributed by atoms with van der Waals surface area (Å²) in [5.74, 6) is -0.141. The molecule has 1 aliphatic rings. The molecule has 1 unspecified atom stereocenters. The van der Waals surface area contributed by atoms with E-state index in [0.29, 0.717) is 6.04 Å². The molecule has 0 amide bonds. The monoisotopic (exact) mass is 236 g/mol. The Morgan fingerprint density at radius 3 is 3.06 bits per heavy atom. The number of nitrogens with one attached hydrogen (secondary N) is 2. The van der Waals surface area contributed by atoms with Crippen molar-refractivity contribution in [3.05, 3.63) is 35.6 Å². The minimum absolute atomic E-state index is 0.141. The second-order valence-electron chi connectivity index (χ2n) is 4.71. The Morgan fingerprint density at radius 2 is 2.29 bits per heavy atom. The van der Waals surface area contributed by atoms with Crippen LogP contribution in [0.4, 0.5) is 4.39 Å². The van der Waals surface area contributed by atoms with Gasteiger partial charge in [-0.2, -0.15) is 0 Å². The summed E-state index contributed by atoms with van der Waals surface area (Å²) in [4.78, 5) is 0. The number of halogens is 1. The molecule has 2 rings (SSSR count). The summed E-state index contributed by atoms with van der Waals surface area (Å²) in [6, 6.07) is 7.55. The van der Waals surface area contributed by atoms with Crippen LogP contribution in [0.3, 0.4) is 0 Å². The quantitative estimate of drug-likeness (QED) is 0.739. The highest BCUT2D eigenvalue weighted by Gasteiger charge is 2.12. The Labute approximate surface area is 103 Å². The molecule has 1 aromatic carbocycles. The van der Waals surface area contributed by atoms with Crippen LogP contribution >= 0.6 is 0 Å². The predicted octanol–water partition coefficient (Wildman–Crippen LogP) is 2.10. The molecule has 0 aliphatic carbocycles. The zero-order valence-electron chi connectivity index (χ0n) is 10.2. The minimum Gasteiger partial charge on any atom is -0.316 e. The molecule has 94 valence electrons. The van der Waals surface area contributed by atoms with Crippen LogP contribution in [0.2, 0.25) is 0 Å². The largest absolute Gasteiger partial charge is 0.316 e. The molecule has 0 aromatic heterocycles. The van der Waals surface area contributed by atoms with E-state index in [1.54, 1.807) is 12.1 Å². The lowest BCUT2D eigenvalue weighted by Crippen LogP contribution is -2.28. The molecule has 1 heterocycles. The molecule has 1 fully saturated rings. The maximum atomic E-state index is 12.9. The normalized spacial score (nSPS) is 19.7. The molecule has 3 heteroatoms. The van der Waals surface area contributed by atoms with E-state index in [1.165, 1.54) is 31.9 Å². The fraction of sp³-hybridized carbons (Fsp3) is 0.571. The van der Waals surface area contributed by atoms with Crippen LogP contribution in [-0.4, -0.2) is 25.7 Å². The molecule has 17 heavy (non-hydrogen) atoms. The van der Waals surface area contributed by atoms with Gasteiger partial charge in [-0.05, 0) is 63.0 Å². The van der Waals surface area contributed by atoms with Crippen molar-refractivity contribution in [2.24, 2.45) is 0 Å². The lowest BCUT2D eigenvalue weighted by molar-refractivity contribution is 0.525. The summed E-state index contributed by atoms with van der Waals surface area (Å²) in [6.45, 7) is 3.15. The maximum absolute atomic E-state index is 12.9. The first kappa shape index (κ1) is 12.5. The smallest absolute Gasteiger partial charge is 0.123 e. The van der Waals surface area contributed by atoms with E-state index in [4.69, 9.17) is 0 Å². The van der Waals surface area contributed by atoms with Gasteiger partial charge in [-0.1, -0.05) is 12.1 Å². The van der Waals surface area contributed by atoms with Gasteiger partial charge in [0.15, 0.2) is 0 Å². The zero-order chi connectivity index (χ0) is 11.9. The predicted molar refractivity (Wildman–Crippen MR) is 68.6 cm³/mol. The van der Waals surface area contributed by atoms with Gasteiger partial charge in [0, 0.05) is 6.04 Å². The van der Waals surface area contributed by atoms with Crippen LogP contribution in [0.25, 0.3) is 0 Å². The van der Waals surface area contributed by atoms with Crippen molar-refractivity contribution in [1.29, 1.82) is 0 Å². The molecule has 0 spiro atoms. The fourth-order valence-corrected chi connectivity index (χ4v) is 2.33. The average molecular weight is 236 g/mol. The van der Waals surface area contributed by atoms with Crippen LogP contribution < -0.4 is 10.6 Å². The van der Waals surface area contributed by atoms with Gasteiger partial charge in [-0.25, -0.2) is 4.39 Å². The van der Waals surface area contributed by atoms with E-state index in [0.717, 1.165) is 25.1 Å². The Kier molecular flexibility index (Phi) is 4.95. The third-order valence-electron chi connectivity index (χ3n) is 3.31. The van der Waals surface area contributed by atoms with Gasteiger partial charge < -0.3 is 10.6 Å². The van der Waals surface area contributed by atoms with Gasteiger partial charge in [0.2, 0.25) is 0 Å². The molecule has 2 nitrogen and oxygen atoms in total. The maximum Gasteiger partial charge on any atom is 0.123 e. The van der Waals surface area contributed by atoms with Gasteiger partial charge >= 0.3 is 0 Å². The van der Waals surface area contributed by atoms with Crippen LogP contribution in [0.5, 0.6) is 0 Å². The zero-order valence-corrected chi connectivity index (χ0v) is 10.2. The summed E-state index contributed by atoms with van der Waals surface area (Å²) in [6.07, 6.45) is 4.72. The first-order valence-electron chi connectivity index (χ1n) is 6.53. The molecule has 0 radical (unpaired) electrons. The molecular weight excluding hydrogens is 215 g/mol. The summed E-state index contributed by atoms with van der Waals surface area (Å²) < 4.78 is 12.9. The lowest BCUT2D eigenvalue weighted by atomic mass is 10.1. The van der Waals surface area contributed by atoms with Crippen LogP contribution in [0, 0.1) is 5.82 Å². The van der Waals surface area contributed by atoms with Crippen molar-refractivity contribution in [2.75, 3.05) is 19.6 Å². The minimum atomic E-state index is -0.141. The Hall–Kier alpha value is -0.930.